The third-order valence-electron chi connectivity index (χ3n) is 4.35. The summed E-state index contributed by atoms with van der Waals surface area (Å²) in [7, 11) is -3.69. The molecule has 1 aliphatic heterocycles. The molecule has 26 heavy (non-hydrogen) atoms. The van der Waals surface area contributed by atoms with Crippen LogP contribution in [-0.2, 0) is 14.8 Å². The molecule has 0 saturated carbocycles. The Bertz CT molecular complexity index is 830. The van der Waals surface area contributed by atoms with Crippen LogP contribution in [0.3, 0.4) is 0 Å². The van der Waals surface area contributed by atoms with Crippen LogP contribution in [0.1, 0.15) is 19.3 Å². The molecule has 0 bridgehead atoms. The average molecular weight is 373 g/mol. The molecule has 0 radical (unpaired) electrons. The molecule has 2 aromatic rings. The third-order valence-corrected chi connectivity index (χ3v) is 5.77. The summed E-state index contributed by atoms with van der Waals surface area (Å²) in [5, 5.41) is 2.71. The van der Waals surface area contributed by atoms with E-state index in [1.54, 1.807) is 18.2 Å². The highest BCUT2D eigenvalue weighted by Gasteiger charge is 2.15. The fourth-order valence-corrected chi connectivity index (χ4v) is 3.96. The molecule has 0 atom stereocenters. The average Bonchev–Trinajstić information content (AvgIpc) is 2.68. The highest BCUT2D eigenvalue weighted by Crippen LogP contribution is 2.21. The number of piperidine rings is 1. The second kappa shape index (κ2) is 8.33. The topological polar surface area (TPSA) is 78.5 Å². The zero-order valence-corrected chi connectivity index (χ0v) is 15.3. The van der Waals surface area contributed by atoms with E-state index in [1.807, 2.05) is 24.3 Å². The molecule has 1 heterocycles. The third kappa shape index (κ3) is 4.83. The van der Waals surface area contributed by atoms with Gasteiger partial charge in [0.1, 0.15) is 0 Å². The Labute approximate surface area is 154 Å². The summed E-state index contributed by atoms with van der Waals surface area (Å²) in [5.41, 5.74) is 1.79. The van der Waals surface area contributed by atoms with Gasteiger partial charge in [-0.15, -0.1) is 0 Å². The van der Waals surface area contributed by atoms with Gasteiger partial charge in [0.15, 0.2) is 0 Å². The van der Waals surface area contributed by atoms with Crippen LogP contribution in [0.4, 0.5) is 11.4 Å². The molecule has 0 spiro atoms. The Morgan fingerprint density at radius 3 is 2.23 bits per heavy atom. The smallest absolute Gasteiger partial charge is 0.241 e. The molecule has 0 aromatic heterocycles. The van der Waals surface area contributed by atoms with E-state index in [-0.39, 0.29) is 11.4 Å². The Kier molecular flexibility index (Phi) is 5.90. The van der Waals surface area contributed by atoms with Crippen LogP contribution in [0, 0.1) is 0 Å². The van der Waals surface area contributed by atoms with Crippen molar-refractivity contribution in [3.05, 3.63) is 54.6 Å². The van der Waals surface area contributed by atoms with E-state index in [1.165, 1.54) is 31.4 Å². The van der Waals surface area contributed by atoms with E-state index in [0.29, 0.717) is 5.69 Å². The summed E-state index contributed by atoms with van der Waals surface area (Å²) in [4.78, 5) is 14.5. The molecule has 7 heteroatoms. The number of amides is 1. The number of carbonyl (C=O) groups is 1. The number of sulfonamides is 1. The molecule has 1 fully saturated rings. The van der Waals surface area contributed by atoms with E-state index in [4.69, 9.17) is 0 Å². The predicted octanol–water partition coefficient (Wildman–Crippen LogP) is 2.59. The van der Waals surface area contributed by atoms with Gasteiger partial charge < -0.3 is 10.2 Å². The number of nitrogens with zero attached hydrogens (tertiary/aromatic N) is 1. The van der Waals surface area contributed by atoms with Gasteiger partial charge in [-0.2, -0.15) is 0 Å². The van der Waals surface area contributed by atoms with Crippen molar-refractivity contribution in [2.75, 3.05) is 29.9 Å². The molecule has 138 valence electrons. The maximum atomic E-state index is 12.1. The summed E-state index contributed by atoms with van der Waals surface area (Å²) >= 11 is 0. The molecular formula is C19H23N3O3S. The molecule has 2 aromatic carbocycles. The zero-order chi connectivity index (χ0) is 18.4. The number of hydrogen-bond acceptors (Lipinski definition) is 4. The number of rotatable bonds is 6. The maximum absolute atomic E-state index is 12.1. The van der Waals surface area contributed by atoms with Crippen molar-refractivity contribution < 1.29 is 13.2 Å². The first-order chi connectivity index (χ1) is 12.5. The highest BCUT2D eigenvalue weighted by molar-refractivity contribution is 7.89. The highest BCUT2D eigenvalue weighted by atomic mass is 32.2. The van der Waals surface area contributed by atoms with E-state index in [0.717, 1.165) is 18.8 Å². The van der Waals surface area contributed by atoms with Crippen molar-refractivity contribution in [3.8, 4) is 0 Å². The van der Waals surface area contributed by atoms with E-state index >= 15 is 0 Å². The summed E-state index contributed by atoms with van der Waals surface area (Å²) in [6.45, 7) is 1.81. The normalized spacial score (nSPS) is 14.8. The second-order valence-electron chi connectivity index (χ2n) is 6.28. The Hall–Kier alpha value is -2.38. The van der Waals surface area contributed by atoms with Crippen LogP contribution in [0.15, 0.2) is 59.5 Å². The first kappa shape index (κ1) is 18.4. The molecule has 1 amide bonds. The van der Waals surface area contributed by atoms with Crippen molar-refractivity contribution in [1.29, 1.82) is 0 Å². The van der Waals surface area contributed by atoms with Gasteiger partial charge in [0.2, 0.25) is 15.9 Å². The van der Waals surface area contributed by atoms with Crippen LogP contribution in [0.25, 0.3) is 0 Å². The molecule has 0 aliphatic carbocycles. The molecular weight excluding hydrogens is 350 g/mol. The summed E-state index contributed by atoms with van der Waals surface area (Å²) < 4.78 is 26.5. The fraction of sp³-hybridized carbons (Fsp3) is 0.316. The lowest BCUT2D eigenvalue weighted by Crippen LogP contribution is -2.33. The lowest BCUT2D eigenvalue weighted by Gasteiger charge is -2.28. The minimum Gasteiger partial charge on any atom is -0.372 e. The monoisotopic (exact) mass is 373 g/mol. The number of hydrogen-bond donors (Lipinski definition) is 2. The number of carbonyl (C=O) groups excluding carboxylic acids is 1. The van der Waals surface area contributed by atoms with Crippen molar-refractivity contribution >= 4 is 27.3 Å². The first-order valence-electron chi connectivity index (χ1n) is 8.74. The zero-order valence-electron chi connectivity index (χ0n) is 14.5. The summed E-state index contributed by atoms with van der Waals surface area (Å²) in [6, 6.07) is 15.6. The maximum Gasteiger partial charge on any atom is 0.241 e. The quantitative estimate of drug-likeness (QED) is 0.816. The molecule has 6 nitrogen and oxygen atoms in total. The minimum atomic E-state index is -3.69. The number of benzene rings is 2. The summed E-state index contributed by atoms with van der Waals surface area (Å²) in [6.07, 6.45) is 3.70. The SMILES string of the molecule is O=C(CNS(=O)(=O)c1ccccc1)Nc1ccc(N2CCCCC2)cc1. The van der Waals surface area contributed by atoms with Gasteiger partial charge in [-0.05, 0) is 55.7 Å². The lowest BCUT2D eigenvalue weighted by molar-refractivity contribution is -0.115. The van der Waals surface area contributed by atoms with Crippen LogP contribution in [-0.4, -0.2) is 34.0 Å². The minimum absolute atomic E-state index is 0.138. The Morgan fingerprint density at radius 1 is 0.923 bits per heavy atom. The predicted molar refractivity (Wildman–Crippen MR) is 103 cm³/mol. The van der Waals surface area contributed by atoms with Gasteiger partial charge in [-0.1, -0.05) is 18.2 Å². The van der Waals surface area contributed by atoms with Gasteiger partial charge >= 0.3 is 0 Å². The lowest BCUT2D eigenvalue weighted by atomic mass is 10.1. The van der Waals surface area contributed by atoms with Crippen LogP contribution in [0.5, 0.6) is 0 Å². The largest absolute Gasteiger partial charge is 0.372 e. The molecule has 1 aliphatic rings. The van der Waals surface area contributed by atoms with Crippen LogP contribution < -0.4 is 14.9 Å². The van der Waals surface area contributed by atoms with Gasteiger partial charge in [-0.3, -0.25) is 4.79 Å². The number of anilines is 2. The van der Waals surface area contributed by atoms with Crippen molar-refractivity contribution in [2.24, 2.45) is 0 Å². The van der Waals surface area contributed by atoms with Gasteiger partial charge in [0, 0.05) is 24.5 Å². The standard InChI is InChI=1S/C19H23N3O3S/c23-19(15-20-26(24,25)18-7-3-1-4-8-18)21-16-9-11-17(12-10-16)22-13-5-2-6-14-22/h1,3-4,7-12,20H,2,5-6,13-15H2,(H,21,23). The van der Waals surface area contributed by atoms with E-state index < -0.39 is 15.9 Å². The molecule has 3 rings (SSSR count). The van der Waals surface area contributed by atoms with Crippen molar-refractivity contribution in [3.63, 3.8) is 0 Å². The molecule has 1 saturated heterocycles. The Morgan fingerprint density at radius 2 is 1.58 bits per heavy atom. The summed E-state index contributed by atoms with van der Waals surface area (Å²) in [5.74, 6) is -0.407. The molecule has 2 N–H and O–H groups in total. The van der Waals surface area contributed by atoms with Crippen molar-refractivity contribution in [1.82, 2.24) is 4.72 Å². The van der Waals surface area contributed by atoms with Crippen LogP contribution >= 0.6 is 0 Å². The van der Waals surface area contributed by atoms with E-state index in [9.17, 15) is 13.2 Å². The fourth-order valence-electron chi connectivity index (χ4n) is 2.96. The Balaban J connectivity index is 1.53. The van der Waals surface area contributed by atoms with Crippen molar-refractivity contribution in [2.45, 2.75) is 24.2 Å². The second-order valence-corrected chi connectivity index (χ2v) is 8.05. The first-order valence-corrected chi connectivity index (χ1v) is 10.2. The van der Waals surface area contributed by atoms with Gasteiger partial charge in [0.25, 0.3) is 0 Å². The van der Waals surface area contributed by atoms with E-state index in [2.05, 4.69) is 14.9 Å². The number of nitrogens with one attached hydrogen (secondary N) is 2. The molecule has 0 unspecified atom stereocenters. The van der Waals surface area contributed by atoms with Crippen LogP contribution in [0.2, 0.25) is 0 Å². The van der Waals surface area contributed by atoms with Gasteiger partial charge in [-0.25, -0.2) is 13.1 Å². The van der Waals surface area contributed by atoms with Gasteiger partial charge in [0.05, 0.1) is 11.4 Å².